The number of piperidine rings is 1. The van der Waals surface area contributed by atoms with Gasteiger partial charge >= 0.3 is 0 Å². The Balaban J connectivity index is 1.69. The zero-order chi connectivity index (χ0) is 17.1. The highest BCUT2D eigenvalue weighted by atomic mass is 16.2. The number of aromatic nitrogens is 3. The second kappa shape index (κ2) is 7.64. The third kappa shape index (κ3) is 3.63. The van der Waals surface area contributed by atoms with E-state index in [-0.39, 0.29) is 11.9 Å². The topological polar surface area (TPSA) is 71.8 Å². The number of nitrogens with zero attached hydrogens (tertiary/aromatic N) is 3. The Labute approximate surface area is 144 Å². The number of hydrogen-bond donors (Lipinski definition) is 2. The van der Waals surface area contributed by atoms with E-state index in [1.807, 2.05) is 11.6 Å². The van der Waals surface area contributed by atoms with E-state index in [0.717, 1.165) is 38.0 Å². The van der Waals surface area contributed by atoms with Gasteiger partial charge in [0.2, 0.25) is 0 Å². The Morgan fingerprint density at radius 1 is 1.21 bits per heavy atom. The Kier molecular flexibility index (Phi) is 5.54. The molecule has 0 unspecified atom stereocenters. The largest absolute Gasteiger partial charge is 0.348 e. The summed E-state index contributed by atoms with van der Waals surface area (Å²) in [5.74, 6) is 1.12. The average Bonchev–Trinajstić information content (AvgIpc) is 2.97. The maximum Gasteiger partial charge on any atom is 0.273 e. The molecule has 6 heteroatoms. The van der Waals surface area contributed by atoms with E-state index in [1.165, 1.54) is 19.3 Å². The minimum atomic E-state index is -0.0507. The van der Waals surface area contributed by atoms with Crippen LogP contribution in [0.5, 0.6) is 0 Å². The second-order valence-electron chi connectivity index (χ2n) is 7.72. The van der Waals surface area contributed by atoms with E-state index in [0.29, 0.717) is 23.6 Å². The Morgan fingerprint density at radius 2 is 1.92 bits per heavy atom. The van der Waals surface area contributed by atoms with Crippen LogP contribution < -0.4 is 10.6 Å². The lowest BCUT2D eigenvalue weighted by atomic mass is 9.78. The highest BCUT2D eigenvalue weighted by molar-refractivity contribution is 5.93. The lowest BCUT2D eigenvalue weighted by molar-refractivity contribution is 0.0883. The van der Waals surface area contributed by atoms with Gasteiger partial charge in [0.1, 0.15) is 0 Å². The van der Waals surface area contributed by atoms with Gasteiger partial charge in [0.05, 0.1) is 11.7 Å². The van der Waals surface area contributed by atoms with Crippen molar-refractivity contribution in [3.8, 4) is 0 Å². The molecule has 1 saturated heterocycles. The van der Waals surface area contributed by atoms with Crippen molar-refractivity contribution in [2.24, 2.45) is 11.8 Å². The van der Waals surface area contributed by atoms with Crippen molar-refractivity contribution in [1.29, 1.82) is 0 Å². The lowest BCUT2D eigenvalue weighted by Crippen LogP contribution is -2.44. The number of amides is 1. The number of carbonyl (C=O) groups is 1. The van der Waals surface area contributed by atoms with Crippen LogP contribution in [0.1, 0.15) is 74.6 Å². The maximum absolute atomic E-state index is 12.8. The van der Waals surface area contributed by atoms with Crippen LogP contribution in [0.4, 0.5) is 0 Å². The van der Waals surface area contributed by atoms with Gasteiger partial charge in [-0.3, -0.25) is 4.79 Å². The zero-order valence-electron chi connectivity index (χ0n) is 15.2. The molecule has 6 nitrogen and oxygen atoms in total. The van der Waals surface area contributed by atoms with Gasteiger partial charge in [0.15, 0.2) is 5.69 Å². The van der Waals surface area contributed by atoms with Gasteiger partial charge in [-0.05, 0) is 57.5 Å². The van der Waals surface area contributed by atoms with Gasteiger partial charge in [-0.15, -0.1) is 5.10 Å². The fourth-order valence-corrected chi connectivity index (χ4v) is 4.32. The second-order valence-corrected chi connectivity index (χ2v) is 7.72. The van der Waals surface area contributed by atoms with Crippen molar-refractivity contribution in [1.82, 2.24) is 25.6 Å². The fraction of sp³-hybridized carbons (Fsp3) is 0.833. The summed E-state index contributed by atoms with van der Waals surface area (Å²) in [4.78, 5) is 12.8. The van der Waals surface area contributed by atoms with Crippen LogP contribution in [-0.4, -0.2) is 40.0 Å². The number of hydrogen-bond acceptors (Lipinski definition) is 4. The summed E-state index contributed by atoms with van der Waals surface area (Å²) in [7, 11) is 0. The smallest absolute Gasteiger partial charge is 0.273 e. The summed E-state index contributed by atoms with van der Waals surface area (Å²) >= 11 is 0. The first-order valence-corrected chi connectivity index (χ1v) is 9.51. The van der Waals surface area contributed by atoms with Crippen LogP contribution >= 0.6 is 0 Å². The predicted molar refractivity (Wildman–Crippen MR) is 93.9 cm³/mol. The SMILES string of the molecule is Cc1c(C(=O)N[C@@H]2CCCC[C@@H]2C(C)C)nnn1C1CCNCC1. The standard InChI is InChI=1S/C18H31N5O/c1-12(2)15-6-4-5-7-16(15)20-18(24)17-13(3)23(22-21-17)14-8-10-19-11-9-14/h12,14-16,19H,4-11H2,1-3H3,(H,20,24)/t15-,16-/m1/s1. The van der Waals surface area contributed by atoms with E-state index in [9.17, 15) is 4.79 Å². The molecule has 0 bridgehead atoms. The molecule has 2 atom stereocenters. The van der Waals surface area contributed by atoms with Crippen molar-refractivity contribution in [3.05, 3.63) is 11.4 Å². The van der Waals surface area contributed by atoms with Crippen molar-refractivity contribution in [2.45, 2.75) is 71.4 Å². The molecule has 1 amide bonds. The minimum Gasteiger partial charge on any atom is -0.348 e. The highest BCUT2D eigenvalue weighted by Crippen LogP contribution is 2.30. The number of rotatable bonds is 4. The molecule has 1 aromatic rings. The number of carbonyl (C=O) groups excluding carboxylic acids is 1. The van der Waals surface area contributed by atoms with Gasteiger partial charge in [-0.1, -0.05) is 31.9 Å². The molecular formula is C18H31N5O. The molecular weight excluding hydrogens is 302 g/mol. The minimum absolute atomic E-state index is 0.0507. The van der Waals surface area contributed by atoms with E-state index in [4.69, 9.17) is 0 Å². The first-order valence-electron chi connectivity index (χ1n) is 9.51. The summed E-state index contributed by atoms with van der Waals surface area (Å²) < 4.78 is 1.95. The molecule has 2 fully saturated rings. The summed E-state index contributed by atoms with van der Waals surface area (Å²) in [5, 5.41) is 15.1. The molecule has 24 heavy (non-hydrogen) atoms. The quantitative estimate of drug-likeness (QED) is 0.888. The number of nitrogens with one attached hydrogen (secondary N) is 2. The van der Waals surface area contributed by atoms with Gasteiger partial charge < -0.3 is 10.6 Å². The van der Waals surface area contributed by atoms with Crippen LogP contribution in [0.25, 0.3) is 0 Å². The van der Waals surface area contributed by atoms with Crippen molar-refractivity contribution < 1.29 is 4.79 Å². The first-order chi connectivity index (χ1) is 11.6. The third-order valence-electron chi connectivity index (χ3n) is 5.79. The molecule has 1 saturated carbocycles. The summed E-state index contributed by atoms with van der Waals surface area (Å²) in [5.41, 5.74) is 1.40. The van der Waals surface area contributed by atoms with Crippen molar-refractivity contribution >= 4 is 5.91 Å². The van der Waals surface area contributed by atoms with Gasteiger partial charge in [-0.2, -0.15) is 0 Å². The van der Waals surface area contributed by atoms with Crippen LogP contribution in [0.15, 0.2) is 0 Å². The van der Waals surface area contributed by atoms with Gasteiger partial charge in [0, 0.05) is 6.04 Å². The van der Waals surface area contributed by atoms with E-state index < -0.39 is 0 Å². The Bertz CT molecular complexity index is 562. The molecule has 134 valence electrons. The average molecular weight is 333 g/mol. The highest BCUT2D eigenvalue weighted by Gasteiger charge is 2.30. The van der Waals surface area contributed by atoms with Gasteiger partial charge in [-0.25, -0.2) is 4.68 Å². The molecule has 2 heterocycles. The molecule has 0 radical (unpaired) electrons. The molecule has 2 aliphatic rings. The molecule has 1 aliphatic carbocycles. The summed E-state index contributed by atoms with van der Waals surface area (Å²) in [6, 6.07) is 0.632. The van der Waals surface area contributed by atoms with Crippen LogP contribution in [-0.2, 0) is 0 Å². The van der Waals surface area contributed by atoms with Crippen LogP contribution in [0.2, 0.25) is 0 Å². The van der Waals surface area contributed by atoms with Crippen molar-refractivity contribution in [3.63, 3.8) is 0 Å². The van der Waals surface area contributed by atoms with Crippen LogP contribution in [0.3, 0.4) is 0 Å². The zero-order valence-corrected chi connectivity index (χ0v) is 15.2. The molecule has 0 spiro atoms. The maximum atomic E-state index is 12.8. The van der Waals surface area contributed by atoms with Crippen molar-refractivity contribution in [2.75, 3.05) is 13.1 Å². The van der Waals surface area contributed by atoms with E-state index >= 15 is 0 Å². The monoisotopic (exact) mass is 333 g/mol. The molecule has 0 aromatic carbocycles. The Hall–Kier alpha value is -1.43. The lowest BCUT2D eigenvalue weighted by Gasteiger charge is -2.34. The fourth-order valence-electron chi connectivity index (χ4n) is 4.32. The summed E-state index contributed by atoms with van der Waals surface area (Å²) in [6.45, 7) is 8.49. The Morgan fingerprint density at radius 3 is 2.62 bits per heavy atom. The molecule has 2 N–H and O–H groups in total. The van der Waals surface area contributed by atoms with E-state index in [2.05, 4.69) is 34.8 Å². The summed E-state index contributed by atoms with van der Waals surface area (Å²) in [6.07, 6.45) is 6.86. The molecule has 1 aromatic heterocycles. The predicted octanol–water partition coefficient (Wildman–Crippen LogP) is 2.46. The van der Waals surface area contributed by atoms with Crippen LogP contribution in [0, 0.1) is 18.8 Å². The molecule has 3 rings (SSSR count). The van der Waals surface area contributed by atoms with Gasteiger partial charge in [0.25, 0.3) is 5.91 Å². The normalized spacial score (nSPS) is 25.8. The third-order valence-corrected chi connectivity index (χ3v) is 5.79. The van der Waals surface area contributed by atoms with E-state index in [1.54, 1.807) is 0 Å². The molecule has 1 aliphatic heterocycles. The first kappa shape index (κ1) is 17.4.